The molecule has 1 heterocycles. The molecule has 1 saturated heterocycles. The average molecular weight is 247 g/mol. The van der Waals surface area contributed by atoms with E-state index in [2.05, 4.69) is 18.7 Å². The maximum absolute atomic E-state index is 10.5. The predicted octanol–water partition coefficient (Wildman–Crippen LogP) is 3.37. The van der Waals surface area contributed by atoms with E-state index in [1.54, 1.807) is 0 Å². The molecule has 2 rings (SSSR count). The number of aliphatic hydroxyl groups excluding tert-OH is 1. The fourth-order valence-corrected chi connectivity index (χ4v) is 3.11. The summed E-state index contributed by atoms with van der Waals surface area (Å²) in [7, 11) is 0. The molecule has 0 aliphatic carbocycles. The minimum Gasteiger partial charge on any atom is -0.387 e. The molecule has 3 unspecified atom stereocenters. The molecule has 1 N–H and O–H groups in total. The Hall–Kier alpha value is -0.860. The van der Waals surface area contributed by atoms with Gasteiger partial charge in [0.25, 0.3) is 0 Å². The van der Waals surface area contributed by atoms with Gasteiger partial charge in [0.15, 0.2) is 0 Å². The predicted molar refractivity (Wildman–Crippen MR) is 75.5 cm³/mol. The van der Waals surface area contributed by atoms with Gasteiger partial charge in [-0.2, -0.15) is 0 Å². The number of benzene rings is 1. The summed E-state index contributed by atoms with van der Waals surface area (Å²) in [5.41, 5.74) is 1.03. The summed E-state index contributed by atoms with van der Waals surface area (Å²) in [6, 6.07) is 10.9. The lowest BCUT2D eigenvalue weighted by Gasteiger charge is -2.41. The van der Waals surface area contributed by atoms with Crippen molar-refractivity contribution in [3.63, 3.8) is 0 Å². The van der Waals surface area contributed by atoms with Gasteiger partial charge in [0.2, 0.25) is 0 Å². The Morgan fingerprint density at radius 3 is 2.67 bits per heavy atom. The Balaban J connectivity index is 2.07. The molecule has 0 saturated carbocycles. The summed E-state index contributed by atoms with van der Waals surface area (Å²) in [6.07, 6.45) is 4.69. The molecule has 0 radical (unpaired) electrons. The van der Waals surface area contributed by atoms with Gasteiger partial charge in [-0.05, 0) is 38.3 Å². The standard InChI is InChI=1S/C16H25NO/c1-3-15-11-7-8-12-17(15)13(2)16(18)14-9-5-4-6-10-14/h4-6,9-10,13,15-16,18H,3,7-8,11-12H2,1-2H3. The van der Waals surface area contributed by atoms with Gasteiger partial charge in [-0.1, -0.05) is 43.7 Å². The van der Waals surface area contributed by atoms with Crippen LogP contribution in [0.3, 0.4) is 0 Å². The minimum absolute atomic E-state index is 0.206. The van der Waals surface area contributed by atoms with Crippen LogP contribution in [0.5, 0.6) is 0 Å². The van der Waals surface area contributed by atoms with Gasteiger partial charge in [-0.3, -0.25) is 4.90 Å². The second-order valence-electron chi connectivity index (χ2n) is 5.39. The van der Waals surface area contributed by atoms with Gasteiger partial charge in [0.05, 0.1) is 6.10 Å². The van der Waals surface area contributed by atoms with Crippen LogP contribution in [0.4, 0.5) is 0 Å². The highest BCUT2D eigenvalue weighted by Gasteiger charge is 2.29. The molecule has 2 nitrogen and oxygen atoms in total. The van der Waals surface area contributed by atoms with E-state index in [1.165, 1.54) is 25.7 Å². The first-order valence-corrected chi connectivity index (χ1v) is 7.22. The van der Waals surface area contributed by atoms with Gasteiger partial charge in [-0.25, -0.2) is 0 Å². The van der Waals surface area contributed by atoms with E-state index in [-0.39, 0.29) is 12.1 Å². The molecular formula is C16H25NO. The quantitative estimate of drug-likeness (QED) is 0.881. The van der Waals surface area contributed by atoms with Crippen LogP contribution in [-0.4, -0.2) is 28.6 Å². The molecule has 100 valence electrons. The van der Waals surface area contributed by atoms with Crippen LogP contribution in [0.1, 0.15) is 51.2 Å². The van der Waals surface area contributed by atoms with Crippen molar-refractivity contribution in [1.82, 2.24) is 4.90 Å². The number of likely N-dealkylation sites (tertiary alicyclic amines) is 1. The molecule has 1 aromatic carbocycles. The summed E-state index contributed by atoms with van der Waals surface area (Å²) in [5, 5.41) is 10.5. The number of hydrogen-bond donors (Lipinski definition) is 1. The summed E-state index contributed by atoms with van der Waals surface area (Å²) in [6.45, 7) is 5.54. The Kier molecular flexibility index (Phi) is 4.79. The van der Waals surface area contributed by atoms with Crippen LogP contribution in [0, 0.1) is 0 Å². The van der Waals surface area contributed by atoms with Crippen molar-refractivity contribution in [2.24, 2.45) is 0 Å². The molecule has 18 heavy (non-hydrogen) atoms. The van der Waals surface area contributed by atoms with E-state index in [0.29, 0.717) is 6.04 Å². The van der Waals surface area contributed by atoms with Gasteiger partial charge in [0, 0.05) is 12.1 Å². The molecule has 3 atom stereocenters. The molecular weight excluding hydrogens is 222 g/mol. The summed E-state index contributed by atoms with van der Waals surface area (Å²) < 4.78 is 0. The van der Waals surface area contributed by atoms with E-state index >= 15 is 0 Å². The molecule has 1 fully saturated rings. The first-order valence-electron chi connectivity index (χ1n) is 7.22. The summed E-state index contributed by atoms with van der Waals surface area (Å²) in [4.78, 5) is 2.50. The fraction of sp³-hybridized carbons (Fsp3) is 0.625. The van der Waals surface area contributed by atoms with Crippen LogP contribution < -0.4 is 0 Å². The van der Waals surface area contributed by atoms with Crippen LogP contribution in [-0.2, 0) is 0 Å². The van der Waals surface area contributed by atoms with Crippen molar-refractivity contribution in [3.05, 3.63) is 35.9 Å². The van der Waals surface area contributed by atoms with E-state index in [4.69, 9.17) is 0 Å². The van der Waals surface area contributed by atoms with Crippen molar-refractivity contribution in [2.45, 2.75) is 57.7 Å². The minimum atomic E-state index is -0.377. The summed E-state index contributed by atoms with van der Waals surface area (Å²) in [5.74, 6) is 0. The highest BCUT2D eigenvalue weighted by atomic mass is 16.3. The Bertz CT molecular complexity index is 351. The maximum Gasteiger partial charge on any atom is 0.0942 e. The van der Waals surface area contributed by atoms with E-state index in [9.17, 15) is 5.11 Å². The zero-order valence-corrected chi connectivity index (χ0v) is 11.5. The second-order valence-corrected chi connectivity index (χ2v) is 5.39. The molecule has 0 bridgehead atoms. The van der Waals surface area contributed by atoms with Crippen LogP contribution >= 0.6 is 0 Å². The number of rotatable bonds is 4. The highest BCUT2D eigenvalue weighted by molar-refractivity contribution is 5.18. The molecule has 1 aliphatic rings. The van der Waals surface area contributed by atoms with Crippen molar-refractivity contribution in [1.29, 1.82) is 0 Å². The molecule has 0 spiro atoms. The third kappa shape index (κ3) is 2.93. The fourth-order valence-electron chi connectivity index (χ4n) is 3.11. The third-order valence-electron chi connectivity index (χ3n) is 4.27. The molecule has 0 amide bonds. The molecule has 2 heteroatoms. The van der Waals surface area contributed by atoms with Crippen molar-refractivity contribution < 1.29 is 5.11 Å². The SMILES string of the molecule is CCC1CCCCN1C(C)C(O)c1ccccc1. The average Bonchev–Trinajstić information content (AvgIpc) is 2.46. The largest absolute Gasteiger partial charge is 0.387 e. The van der Waals surface area contributed by atoms with Gasteiger partial charge in [-0.15, -0.1) is 0 Å². The Morgan fingerprint density at radius 2 is 2.00 bits per heavy atom. The van der Waals surface area contributed by atoms with Crippen molar-refractivity contribution >= 4 is 0 Å². The number of piperidine rings is 1. The zero-order valence-electron chi connectivity index (χ0n) is 11.5. The topological polar surface area (TPSA) is 23.5 Å². The highest BCUT2D eigenvalue weighted by Crippen LogP contribution is 2.28. The number of nitrogens with zero attached hydrogens (tertiary/aromatic N) is 1. The second kappa shape index (κ2) is 6.35. The molecule has 1 aromatic rings. The normalized spacial score (nSPS) is 24.7. The zero-order chi connectivity index (χ0) is 13.0. The first-order chi connectivity index (χ1) is 8.74. The lowest BCUT2D eigenvalue weighted by atomic mass is 9.94. The van der Waals surface area contributed by atoms with Gasteiger partial charge in [0.1, 0.15) is 0 Å². The molecule has 0 aromatic heterocycles. The van der Waals surface area contributed by atoms with Crippen LogP contribution in [0.2, 0.25) is 0 Å². The summed E-state index contributed by atoms with van der Waals surface area (Å²) >= 11 is 0. The van der Waals surface area contributed by atoms with E-state index in [1.807, 2.05) is 30.3 Å². The van der Waals surface area contributed by atoms with Gasteiger partial charge >= 0.3 is 0 Å². The third-order valence-corrected chi connectivity index (χ3v) is 4.27. The van der Waals surface area contributed by atoms with Crippen molar-refractivity contribution in [2.75, 3.05) is 6.54 Å². The smallest absolute Gasteiger partial charge is 0.0942 e. The maximum atomic E-state index is 10.5. The van der Waals surface area contributed by atoms with E-state index in [0.717, 1.165) is 12.1 Å². The Morgan fingerprint density at radius 1 is 1.28 bits per heavy atom. The monoisotopic (exact) mass is 247 g/mol. The van der Waals surface area contributed by atoms with Crippen molar-refractivity contribution in [3.8, 4) is 0 Å². The van der Waals surface area contributed by atoms with Crippen LogP contribution in [0.25, 0.3) is 0 Å². The molecule has 1 aliphatic heterocycles. The lowest BCUT2D eigenvalue weighted by Crippen LogP contribution is -2.47. The lowest BCUT2D eigenvalue weighted by molar-refractivity contribution is 0.0142. The Labute approximate surface area is 111 Å². The van der Waals surface area contributed by atoms with E-state index < -0.39 is 0 Å². The number of aliphatic hydroxyl groups is 1. The van der Waals surface area contributed by atoms with Gasteiger partial charge < -0.3 is 5.11 Å². The first kappa shape index (κ1) is 13.6. The van der Waals surface area contributed by atoms with Crippen LogP contribution in [0.15, 0.2) is 30.3 Å². The number of hydrogen-bond acceptors (Lipinski definition) is 2.